The molecule has 5 heteroatoms. The SMILES string of the molecule is COCOC[C@@]1(C)C=C(C)[C@@H]2[C@H](C(=O)[C@@H]3[C@@H](C)C[C@@H](C)C[C@@]23C)[C@H]1C(=O)OC. The molecule has 3 aliphatic carbocycles. The number of ether oxygens (including phenoxy) is 3. The average Bonchev–Trinajstić information content (AvgIpc) is 2.82. The third-order valence-corrected chi connectivity index (χ3v) is 7.73. The summed E-state index contributed by atoms with van der Waals surface area (Å²) in [5.74, 6) is 0.119. The zero-order valence-corrected chi connectivity index (χ0v) is 18.4. The van der Waals surface area contributed by atoms with E-state index in [1.165, 1.54) is 12.7 Å². The summed E-state index contributed by atoms with van der Waals surface area (Å²) in [5, 5.41) is 0. The molecule has 0 saturated heterocycles. The van der Waals surface area contributed by atoms with Crippen molar-refractivity contribution >= 4 is 11.8 Å². The smallest absolute Gasteiger partial charge is 0.310 e. The highest BCUT2D eigenvalue weighted by Crippen LogP contribution is 2.65. The van der Waals surface area contributed by atoms with Crippen LogP contribution < -0.4 is 0 Å². The summed E-state index contributed by atoms with van der Waals surface area (Å²) in [5.41, 5.74) is 0.527. The molecule has 0 amide bonds. The van der Waals surface area contributed by atoms with Crippen LogP contribution in [0.25, 0.3) is 0 Å². The molecule has 0 aliphatic heterocycles. The van der Waals surface area contributed by atoms with E-state index in [0.717, 1.165) is 12.8 Å². The molecule has 0 aromatic heterocycles. The molecule has 8 atom stereocenters. The molecular weight excluding hydrogens is 356 g/mol. The number of carbonyl (C=O) groups excluding carboxylic acids is 2. The molecule has 2 saturated carbocycles. The molecule has 5 nitrogen and oxygen atoms in total. The van der Waals surface area contributed by atoms with Crippen molar-refractivity contribution < 1.29 is 23.8 Å². The first kappa shape index (κ1) is 21.5. The molecule has 0 unspecified atom stereocenters. The van der Waals surface area contributed by atoms with Crippen molar-refractivity contribution in [1.82, 2.24) is 0 Å². The lowest BCUT2D eigenvalue weighted by Crippen LogP contribution is -2.49. The van der Waals surface area contributed by atoms with Crippen molar-refractivity contribution in [2.75, 3.05) is 27.6 Å². The van der Waals surface area contributed by atoms with Gasteiger partial charge in [-0.25, -0.2) is 0 Å². The van der Waals surface area contributed by atoms with E-state index in [1.54, 1.807) is 7.11 Å². The van der Waals surface area contributed by atoms with Crippen molar-refractivity contribution in [2.45, 2.75) is 47.5 Å². The summed E-state index contributed by atoms with van der Waals surface area (Å²) in [4.78, 5) is 26.8. The molecule has 0 N–H and O–H groups in total. The van der Waals surface area contributed by atoms with E-state index in [0.29, 0.717) is 18.4 Å². The normalized spacial score (nSPS) is 45.2. The van der Waals surface area contributed by atoms with Crippen LogP contribution in [0.2, 0.25) is 0 Å². The second kappa shape index (κ2) is 7.56. The van der Waals surface area contributed by atoms with Crippen LogP contribution in [0, 0.1) is 46.3 Å². The van der Waals surface area contributed by atoms with Gasteiger partial charge < -0.3 is 14.2 Å². The number of Topliss-reactive ketones (excluding diaryl/α,β-unsaturated/α-hetero) is 1. The number of carbonyl (C=O) groups is 2. The molecule has 0 aromatic rings. The van der Waals surface area contributed by atoms with Crippen molar-refractivity contribution in [3.63, 3.8) is 0 Å². The highest BCUT2D eigenvalue weighted by Gasteiger charge is 2.67. The first-order valence-electron chi connectivity index (χ1n) is 10.5. The third-order valence-electron chi connectivity index (χ3n) is 7.73. The minimum atomic E-state index is -0.592. The van der Waals surface area contributed by atoms with Crippen LogP contribution in [0.3, 0.4) is 0 Å². The first-order valence-corrected chi connectivity index (χ1v) is 10.5. The van der Waals surface area contributed by atoms with E-state index in [4.69, 9.17) is 14.2 Å². The number of ketones is 1. The van der Waals surface area contributed by atoms with E-state index in [-0.39, 0.29) is 41.7 Å². The van der Waals surface area contributed by atoms with Gasteiger partial charge in [0.15, 0.2) is 0 Å². The number of hydrogen-bond acceptors (Lipinski definition) is 5. The Kier molecular flexibility index (Phi) is 5.81. The van der Waals surface area contributed by atoms with Gasteiger partial charge in [0.25, 0.3) is 0 Å². The Morgan fingerprint density at radius 1 is 1.21 bits per heavy atom. The Balaban J connectivity index is 2.09. The highest BCUT2D eigenvalue weighted by atomic mass is 16.7. The van der Waals surface area contributed by atoms with Gasteiger partial charge >= 0.3 is 5.97 Å². The molecule has 3 rings (SSSR count). The topological polar surface area (TPSA) is 61.8 Å². The number of esters is 1. The molecule has 0 aromatic carbocycles. The molecule has 0 heterocycles. The highest BCUT2D eigenvalue weighted by molar-refractivity contribution is 5.93. The van der Waals surface area contributed by atoms with Gasteiger partial charge in [-0.2, -0.15) is 0 Å². The van der Waals surface area contributed by atoms with Crippen LogP contribution in [-0.2, 0) is 23.8 Å². The zero-order chi connectivity index (χ0) is 20.9. The average molecular weight is 393 g/mol. The summed E-state index contributed by atoms with van der Waals surface area (Å²) in [6, 6.07) is 0. The standard InChI is InChI=1S/C23H36O5/c1-13-8-14(2)18-20(24)16-17(23(18,5)9-13)15(3)10-22(4,11-28-12-26-6)19(16)21(25)27-7/h10,13-14,16-19H,8-9,11-12H2,1-7H3/t13-,14+,16+,17-,18+,19+,22-,23+/m1/s1. The van der Waals surface area contributed by atoms with Crippen molar-refractivity contribution in [1.29, 1.82) is 0 Å². The number of rotatable bonds is 5. The zero-order valence-electron chi connectivity index (χ0n) is 18.4. The number of fused-ring (bicyclic) bond motifs is 3. The number of allylic oxidation sites excluding steroid dienone is 1. The van der Waals surface area contributed by atoms with Gasteiger partial charge in [-0.05, 0) is 42.9 Å². The number of hydrogen-bond donors (Lipinski definition) is 0. The van der Waals surface area contributed by atoms with E-state index in [9.17, 15) is 9.59 Å². The van der Waals surface area contributed by atoms with Crippen molar-refractivity contribution in [2.24, 2.45) is 46.3 Å². The second-order valence-corrected chi connectivity index (χ2v) is 10.1. The van der Waals surface area contributed by atoms with Crippen LogP contribution in [-0.4, -0.2) is 39.4 Å². The molecule has 158 valence electrons. The van der Waals surface area contributed by atoms with Gasteiger partial charge in [0.1, 0.15) is 12.6 Å². The van der Waals surface area contributed by atoms with Gasteiger partial charge in [-0.15, -0.1) is 0 Å². The quantitative estimate of drug-likeness (QED) is 0.308. The van der Waals surface area contributed by atoms with Crippen molar-refractivity contribution in [3.8, 4) is 0 Å². The Morgan fingerprint density at radius 2 is 1.89 bits per heavy atom. The largest absolute Gasteiger partial charge is 0.469 e. The lowest BCUT2D eigenvalue weighted by Gasteiger charge is -2.49. The molecule has 3 aliphatic rings. The van der Waals surface area contributed by atoms with Crippen LogP contribution in [0.4, 0.5) is 0 Å². The molecule has 0 bridgehead atoms. The van der Waals surface area contributed by atoms with E-state index < -0.39 is 11.3 Å². The van der Waals surface area contributed by atoms with Gasteiger partial charge in [0, 0.05) is 24.4 Å². The maximum atomic E-state index is 13.8. The van der Waals surface area contributed by atoms with Gasteiger partial charge in [-0.1, -0.05) is 39.3 Å². The minimum Gasteiger partial charge on any atom is -0.469 e. The fourth-order valence-corrected chi connectivity index (χ4v) is 7.38. The minimum absolute atomic E-state index is 0.0106. The first-order chi connectivity index (χ1) is 13.1. The Morgan fingerprint density at radius 3 is 2.50 bits per heavy atom. The predicted molar refractivity (Wildman–Crippen MR) is 106 cm³/mol. The van der Waals surface area contributed by atoms with Crippen molar-refractivity contribution in [3.05, 3.63) is 11.6 Å². The molecule has 0 radical (unpaired) electrons. The predicted octanol–water partition coefficient (Wildman–Crippen LogP) is 3.87. The lowest BCUT2D eigenvalue weighted by molar-refractivity contribution is -0.159. The summed E-state index contributed by atoms with van der Waals surface area (Å²) in [6.45, 7) is 11.4. The molecule has 2 fully saturated rings. The fraction of sp³-hybridized carbons (Fsp3) is 0.826. The van der Waals surface area contributed by atoms with Gasteiger partial charge in [0.05, 0.1) is 19.6 Å². The lowest BCUT2D eigenvalue weighted by atomic mass is 9.54. The molecular formula is C23H36O5. The third kappa shape index (κ3) is 3.15. The molecule has 0 spiro atoms. The fourth-order valence-electron chi connectivity index (χ4n) is 7.38. The molecule has 28 heavy (non-hydrogen) atoms. The maximum absolute atomic E-state index is 13.8. The van der Waals surface area contributed by atoms with E-state index in [1.807, 2.05) is 6.92 Å². The van der Waals surface area contributed by atoms with Gasteiger partial charge in [-0.3, -0.25) is 9.59 Å². The monoisotopic (exact) mass is 392 g/mol. The summed E-state index contributed by atoms with van der Waals surface area (Å²) >= 11 is 0. The summed E-state index contributed by atoms with van der Waals surface area (Å²) < 4.78 is 15.9. The van der Waals surface area contributed by atoms with E-state index in [2.05, 4.69) is 33.8 Å². The Bertz CT molecular complexity index is 670. The van der Waals surface area contributed by atoms with Crippen LogP contribution in [0.15, 0.2) is 11.6 Å². The van der Waals surface area contributed by atoms with Crippen LogP contribution in [0.5, 0.6) is 0 Å². The van der Waals surface area contributed by atoms with E-state index >= 15 is 0 Å². The van der Waals surface area contributed by atoms with Crippen LogP contribution in [0.1, 0.15) is 47.5 Å². The Labute approximate surface area is 169 Å². The number of methoxy groups -OCH3 is 2. The Hall–Kier alpha value is -1.20. The summed E-state index contributed by atoms with van der Waals surface area (Å²) in [6.07, 6.45) is 4.28. The summed E-state index contributed by atoms with van der Waals surface area (Å²) in [7, 11) is 2.99. The van der Waals surface area contributed by atoms with Crippen LogP contribution >= 0.6 is 0 Å². The van der Waals surface area contributed by atoms with Gasteiger partial charge in [0.2, 0.25) is 0 Å². The maximum Gasteiger partial charge on any atom is 0.310 e. The second-order valence-electron chi connectivity index (χ2n) is 10.1.